The van der Waals surface area contributed by atoms with Crippen LogP contribution in [0.1, 0.15) is 26.0 Å². The van der Waals surface area contributed by atoms with Gasteiger partial charge in [0.15, 0.2) is 0 Å². The largest absolute Gasteiger partial charge is 0.390 e. The fourth-order valence-electron chi connectivity index (χ4n) is 1.70. The zero-order chi connectivity index (χ0) is 16.0. The molecule has 0 aliphatic carbocycles. The van der Waals surface area contributed by atoms with E-state index in [0.29, 0.717) is 29.0 Å². The van der Waals surface area contributed by atoms with Gasteiger partial charge in [0.05, 0.1) is 17.1 Å². The van der Waals surface area contributed by atoms with Crippen LogP contribution in [0, 0.1) is 5.92 Å². The van der Waals surface area contributed by atoms with E-state index in [9.17, 15) is 13.2 Å². The number of alkyl halides is 3. The highest BCUT2D eigenvalue weighted by atomic mass is 35.5. The lowest BCUT2D eigenvalue weighted by Gasteiger charge is -2.20. The van der Waals surface area contributed by atoms with Crippen LogP contribution in [0.2, 0.25) is 5.02 Å². The standard InChI is InChI=1S/C14H21ClF3N3/c1-10(2)8-19-9-12-11(15)4-5-13(20-12)21(3)7-6-14(16,17)18/h4-5,10,19H,6-9H2,1-3H3. The number of nitrogens with zero attached hydrogens (tertiary/aromatic N) is 2. The highest BCUT2D eigenvalue weighted by Gasteiger charge is 2.27. The van der Waals surface area contributed by atoms with E-state index in [-0.39, 0.29) is 6.54 Å². The van der Waals surface area contributed by atoms with E-state index >= 15 is 0 Å². The summed E-state index contributed by atoms with van der Waals surface area (Å²) in [5.41, 5.74) is 0.647. The quantitative estimate of drug-likeness (QED) is 0.825. The minimum absolute atomic E-state index is 0.128. The maximum Gasteiger partial charge on any atom is 0.390 e. The molecule has 0 aromatic carbocycles. The van der Waals surface area contributed by atoms with E-state index in [2.05, 4.69) is 24.1 Å². The number of anilines is 1. The summed E-state index contributed by atoms with van der Waals surface area (Å²) >= 11 is 6.06. The first-order valence-electron chi connectivity index (χ1n) is 6.83. The van der Waals surface area contributed by atoms with E-state index in [1.54, 1.807) is 19.2 Å². The molecule has 0 unspecified atom stereocenters. The fourth-order valence-corrected chi connectivity index (χ4v) is 1.87. The predicted octanol–water partition coefficient (Wildman–Crippen LogP) is 3.87. The molecule has 3 nitrogen and oxygen atoms in total. The summed E-state index contributed by atoms with van der Waals surface area (Å²) in [4.78, 5) is 5.82. The summed E-state index contributed by atoms with van der Waals surface area (Å²) in [7, 11) is 1.59. The van der Waals surface area contributed by atoms with E-state index in [4.69, 9.17) is 11.6 Å². The summed E-state index contributed by atoms with van der Waals surface area (Å²) in [6.07, 6.45) is -5.03. The van der Waals surface area contributed by atoms with Crippen molar-refractivity contribution in [2.45, 2.75) is 33.0 Å². The molecule has 0 atom stereocenters. The molecule has 1 aromatic heterocycles. The van der Waals surface area contributed by atoms with Crippen molar-refractivity contribution in [3.05, 3.63) is 22.8 Å². The molecule has 1 N–H and O–H groups in total. The van der Waals surface area contributed by atoms with Crippen molar-refractivity contribution in [3.8, 4) is 0 Å². The van der Waals surface area contributed by atoms with Crippen molar-refractivity contribution >= 4 is 17.4 Å². The molecule has 0 saturated heterocycles. The van der Waals surface area contributed by atoms with Crippen molar-refractivity contribution in [1.82, 2.24) is 10.3 Å². The molecular formula is C14H21ClF3N3. The Morgan fingerprint density at radius 1 is 1.33 bits per heavy atom. The second-order valence-corrected chi connectivity index (χ2v) is 5.82. The van der Waals surface area contributed by atoms with Gasteiger partial charge < -0.3 is 10.2 Å². The van der Waals surface area contributed by atoms with Crippen molar-refractivity contribution in [2.75, 3.05) is 25.0 Å². The molecular weight excluding hydrogens is 303 g/mol. The smallest absolute Gasteiger partial charge is 0.359 e. The average Bonchev–Trinajstić information content (AvgIpc) is 2.37. The molecule has 0 aliphatic rings. The number of nitrogens with one attached hydrogen (secondary N) is 1. The van der Waals surface area contributed by atoms with Crippen LogP contribution in [0.5, 0.6) is 0 Å². The van der Waals surface area contributed by atoms with Crippen LogP contribution in [-0.4, -0.2) is 31.3 Å². The van der Waals surface area contributed by atoms with Crippen molar-refractivity contribution in [3.63, 3.8) is 0 Å². The predicted molar refractivity (Wildman–Crippen MR) is 79.7 cm³/mol. The molecule has 21 heavy (non-hydrogen) atoms. The van der Waals surface area contributed by atoms with Crippen LogP contribution < -0.4 is 10.2 Å². The molecule has 120 valence electrons. The molecule has 1 heterocycles. The molecule has 0 fully saturated rings. The lowest BCUT2D eigenvalue weighted by Crippen LogP contribution is -2.25. The number of hydrogen-bond acceptors (Lipinski definition) is 3. The Balaban J connectivity index is 2.67. The van der Waals surface area contributed by atoms with Gasteiger partial charge in [0.25, 0.3) is 0 Å². The van der Waals surface area contributed by atoms with E-state index in [0.717, 1.165) is 6.54 Å². The Morgan fingerprint density at radius 2 is 2.00 bits per heavy atom. The highest BCUT2D eigenvalue weighted by molar-refractivity contribution is 6.31. The Labute approximate surface area is 128 Å². The molecule has 7 heteroatoms. The fraction of sp³-hybridized carbons (Fsp3) is 0.643. The zero-order valence-corrected chi connectivity index (χ0v) is 13.2. The number of aromatic nitrogens is 1. The van der Waals surface area contributed by atoms with Gasteiger partial charge in [0, 0.05) is 20.1 Å². The van der Waals surface area contributed by atoms with Gasteiger partial charge in [-0.15, -0.1) is 0 Å². The van der Waals surface area contributed by atoms with E-state index in [1.807, 2.05) is 0 Å². The van der Waals surface area contributed by atoms with Gasteiger partial charge in [0.2, 0.25) is 0 Å². The number of halogens is 4. The Morgan fingerprint density at radius 3 is 2.57 bits per heavy atom. The van der Waals surface area contributed by atoms with Crippen molar-refractivity contribution in [2.24, 2.45) is 5.92 Å². The van der Waals surface area contributed by atoms with Gasteiger partial charge in [-0.25, -0.2) is 4.98 Å². The van der Waals surface area contributed by atoms with Crippen LogP contribution in [0.3, 0.4) is 0 Å². The van der Waals surface area contributed by atoms with Gasteiger partial charge in [-0.1, -0.05) is 25.4 Å². The Hall–Kier alpha value is -1.01. The second-order valence-electron chi connectivity index (χ2n) is 5.41. The lowest BCUT2D eigenvalue weighted by atomic mass is 10.2. The average molecular weight is 324 g/mol. The van der Waals surface area contributed by atoms with Crippen LogP contribution in [0.25, 0.3) is 0 Å². The second kappa shape index (κ2) is 7.84. The van der Waals surface area contributed by atoms with Crippen LogP contribution in [0.15, 0.2) is 12.1 Å². The van der Waals surface area contributed by atoms with Gasteiger partial charge in [-0.2, -0.15) is 13.2 Å². The third-order valence-corrected chi connectivity index (χ3v) is 3.21. The lowest BCUT2D eigenvalue weighted by molar-refractivity contribution is -0.132. The normalized spacial score (nSPS) is 12.0. The first kappa shape index (κ1) is 18.0. The third-order valence-electron chi connectivity index (χ3n) is 2.87. The molecule has 0 aliphatic heterocycles. The van der Waals surface area contributed by atoms with Gasteiger partial charge in [-0.05, 0) is 24.6 Å². The zero-order valence-electron chi connectivity index (χ0n) is 12.5. The Kier molecular flexibility index (Phi) is 6.74. The first-order chi connectivity index (χ1) is 9.69. The number of hydrogen-bond donors (Lipinski definition) is 1. The van der Waals surface area contributed by atoms with Gasteiger partial charge in [-0.3, -0.25) is 0 Å². The topological polar surface area (TPSA) is 28.2 Å². The molecule has 0 spiro atoms. The molecule has 0 saturated carbocycles. The molecule has 1 rings (SSSR count). The SMILES string of the molecule is CC(C)CNCc1nc(N(C)CCC(F)(F)F)ccc1Cl. The summed E-state index contributed by atoms with van der Waals surface area (Å²) in [6, 6.07) is 3.30. The van der Waals surface area contributed by atoms with Crippen molar-refractivity contribution in [1.29, 1.82) is 0 Å². The van der Waals surface area contributed by atoms with E-state index in [1.165, 1.54) is 4.90 Å². The molecule has 0 bridgehead atoms. The van der Waals surface area contributed by atoms with Crippen molar-refractivity contribution < 1.29 is 13.2 Å². The van der Waals surface area contributed by atoms with Crippen LogP contribution >= 0.6 is 11.6 Å². The van der Waals surface area contributed by atoms with Gasteiger partial charge >= 0.3 is 6.18 Å². The monoisotopic (exact) mass is 323 g/mol. The maximum absolute atomic E-state index is 12.2. The first-order valence-corrected chi connectivity index (χ1v) is 7.21. The molecule has 0 radical (unpaired) electrons. The summed E-state index contributed by atoms with van der Waals surface area (Å²) < 4.78 is 36.7. The van der Waals surface area contributed by atoms with Gasteiger partial charge in [0.1, 0.15) is 5.82 Å². The summed E-state index contributed by atoms with van der Waals surface area (Å²) in [5, 5.41) is 3.73. The summed E-state index contributed by atoms with van der Waals surface area (Å²) in [5.74, 6) is 0.992. The third kappa shape index (κ3) is 7.00. The minimum atomic E-state index is -4.16. The Bertz CT molecular complexity index is 450. The van der Waals surface area contributed by atoms with E-state index < -0.39 is 12.6 Å². The number of pyridine rings is 1. The molecule has 0 amide bonds. The summed E-state index contributed by atoms with van der Waals surface area (Å²) in [6.45, 7) is 5.37. The maximum atomic E-state index is 12.2. The molecule has 1 aromatic rings. The number of rotatable bonds is 7. The minimum Gasteiger partial charge on any atom is -0.359 e. The van der Waals surface area contributed by atoms with Crippen LogP contribution in [-0.2, 0) is 6.54 Å². The highest BCUT2D eigenvalue weighted by Crippen LogP contribution is 2.22. The van der Waals surface area contributed by atoms with Crippen LogP contribution in [0.4, 0.5) is 19.0 Å².